The summed E-state index contributed by atoms with van der Waals surface area (Å²) in [6.45, 7) is 0.388. The van der Waals surface area contributed by atoms with Gasteiger partial charge >= 0.3 is 0 Å². The third-order valence-electron chi connectivity index (χ3n) is 1.34. The molecule has 0 fully saturated rings. The van der Waals surface area contributed by atoms with E-state index in [0.717, 1.165) is 12.7 Å². The van der Waals surface area contributed by atoms with E-state index in [0.29, 0.717) is 6.54 Å². The Labute approximate surface area is 92.5 Å². The average molecular weight is 375 g/mol. The standard InChI is InChI=1S/C7H7I2NO/c8-5-1-4(3-10)7(11)2-6(5)9/h1-2,11H,3,10H2. The maximum Gasteiger partial charge on any atom is 0.121 e. The van der Waals surface area contributed by atoms with Crippen LogP contribution in [0.3, 0.4) is 0 Å². The van der Waals surface area contributed by atoms with Crippen molar-refractivity contribution in [2.45, 2.75) is 6.54 Å². The number of aromatic hydroxyl groups is 1. The molecule has 1 aromatic carbocycles. The molecule has 0 saturated heterocycles. The normalized spacial score (nSPS) is 10.1. The molecule has 2 nitrogen and oxygen atoms in total. The molecule has 0 bridgehead atoms. The summed E-state index contributed by atoms with van der Waals surface area (Å²) in [6, 6.07) is 3.63. The molecule has 4 heteroatoms. The van der Waals surface area contributed by atoms with E-state index in [1.165, 1.54) is 0 Å². The number of phenolic OH excluding ortho intramolecular Hbond substituents is 1. The number of hydrogen-bond acceptors (Lipinski definition) is 2. The van der Waals surface area contributed by atoms with Crippen LogP contribution in [0.5, 0.6) is 5.75 Å². The van der Waals surface area contributed by atoms with Crippen LogP contribution in [0.4, 0.5) is 0 Å². The molecule has 0 heterocycles. The average Bonchev–Trinajstić information content (AvgIpc) is 1.97. The van der Waals surface area contributed by atoms with Crippen LogP contribution in [-0.2, 0) is 6.54 Å². The molecule has 0 aliphatic heterocycles. The number of hydrogen-bond donors (Lipinski definition) is 2. The summed E-state index contributed by atoms with van der Waals surface area (Å²) >= 11 is 4.39. The van der Waals surface area contributed by atoms with Gasteiger partial charge in [0.2, 0.25) is 0 Å². The first-order chi connectivity index (χ1) is 5.15. The van der Waals surface area contributed by atoms with Crippen molar-refractivity contribution in [1.29, 1.82) is 0 Å². The SMILES string of the molecule is NCc1cc(I)c(I)cc1O. The Balaban J connectivity index is 3.21. The molecular weight excluding hydrogens is 368 g/mol. The Morgan fingerprint density at radius 2 is 1.82 bits per heavy atom. The van der Waals surface area contributed by atoms with E-state index in [2.05, 4.69) is 45.2 Å². The molecule has 1 rings (SSSR count). The number of phenols is 1. The van der Waals surface area contributed by atoms with Gasteiger partial charge in [-0.2, -0.15) is 0 Å². The molecule has 0 amide bonds. The number of halogens is 2. The van der Waals surface area contributed by atoms with Gasteiger partial charge in [-0.05, 0) is 57.3 Å². The van der Waals surface area contributed by atoms with Gasteiger partial charge in [-0.1, -0.05) is 0 Å². The third-order valence-corrected chi connectivity index (χ3v) is 4.16. The summed E-state index contributed by atoms with van der Waals surface area (Å²) < 4.78 is 2.18. The van der Waals surface area contributed by atoms with Gasteiger partial charge in [0.1, 0.15) is 5.75 Å². The fraction of sp³-hybridized carbons (Fsp3) is 0.143. The maximum absolute atomic E-state index is 9.33. The van der Waals surface area contributed by atoms with Crippen molar-refractivity contribution in [2.75, 3.05) is 0 Å². The second kappa shape index (κ2) is 3.90. The molecule has 0 aliphatic rings. The molecule has 1 aromatic rings. The predicted octanol–water partition coefficient (Wildman–Crippen LogP) is 2.06. The van der Waals surface area contributed by atoms with Gasteiger partial charge < -0.3 is 10.8 Å². The molecule has 0 saturated carbocycles. The lowest BCUT2D eigenvalue weighted by Crippen LogP contribution is -1.97. The second-order valence-electron chi connectivity index (χ2n) is 2.10. The Morgan fingerprint density at radius 3 is 2.36 bits per heavy atom. The van der Waals surface area contributed by atoms with Crippen molar-refractivity contribution in [1.82, 2.24) is 0 Å². The summed E-state index contributed by atoms with van der Waals surface area (Å²) in [6.07, 6.45) is 0. The van der Waals surface area contributed by atoms with E-state index >= 15 is 0 Å². The summed E-state index contributed by atoms with van der Waals surface area (Å²) in [5, 5.41) is 9.33. The van der Waals surface area contributed by atoms with Crippen LogP contribution in [0, 0.1) is 7.14 Å². The fourth-order valence-electron chi connectivity index (χ4n) is 0.741. The van der Waals surface area contributed by atoms with Crippen LogP contribution in [0.25, 0.3) is 0 Å². The van der Waals surface area contributed by atoms with Gasteiger partial charge in [-0.3, -0.25) is 0 Å². The van der Waals surface area contributed by atoms with E-state index in [1.807, 2.05) is 6.07 Å². The lowest BCUT2D eigenvalue weighted by molar-refractivity contribution is 0.468. The van der Waals surface area contributed by atoms with Gasteiger partial charge in [-0.15, -0.1) is 0 Å². The largest absolute Gasteiger partial charge is 0.508 e. The Hall–Kier alpha value is 0.440. The van der Waals surface area contributed by atoms with Crippen LogP contribution in [0.2, 0.25) is 0 Å². The Bertz CT molecular complexity index is 275. The number of benzene rings is 1. The van der Waals surface area contributed by atoms with Crippen LogP contribution in [0.1, 0.15) is 5.56 Å². The van der Waals surface area contributed by atoms with Gasteiger partial charge in [0.25, 0.3) is 0 Å². The van der Waals surface area contributed by atoms with Gasteiger partial charge in [0.15, 0.2) is 0 Å². The lowest BCUT2D eigenvalue weighted by atomic mass is 10.2. The molecule has 11 heavy (non-hydrogen) atoms. The Morgan fingerprint density at radius 1 is 1.27 bits per heavy atom. The maximum atomic E-state index is 9.33. The zero-order valence-corrected chi connectivity index (χ0v) is 9.96. The van der Waals surface area contributed by atoms with Crippen molar-refractivity contribution in [3.05, 3.63) is 24.8 Å². The van der Waals surface area contributed by atoms with E-state index in [4.69, 9.17) is 5.73 Å². The second-order valence-corrected chi connectivity index (χ2v) is 4.42. The smallest absolute Gasteiger partial charge is 0.121 e. The first kappa shape index (κ1) is 9.53. The van der Waals surface area contributed by atoms with Gasteiger partial charge in [0.05, 0.1) is 0 Å². The summed E-state index contributed by atoms with van der Waals surface area (Å²) in [5.74, 6) is 0.289. The van der Waals surface area contributed by atoms with Gasteiger partial charge in [-0.25, -0.2) is 0 Å². The lowest BCUT2D eigenvalue weighted by Gasteiger charge is -2.03. The monoisotopic (exact) mass is 375 g/mol. The molecule has 0 radical (unpaired) electrons. The molecule has 0 aromatic heterocycles. The molecule has 60 valence electrons. The number of rotatable bonds is 1. The zero-order valence-electron chi connectivity index (χ0n) is 5.64. The molecular formula is C7H7I2NO. The molecule has 0 atom stereocenters. The minimum absolute atomic E-state index is 0.289. The van der Waals surface area contributed by atoms with Crippen molar-refractivity contribution >= 4 is 45.2 Å². The first-order valence-electron chi connectivity index (χ1n) is 3.02. The van der Waals surface area contributed by atoms with Crippen molar-refractivity contribution in [3.63, 3.8) is 0 Å². The van der Waals surface area contributed by atoms with Crippen molar-refractivity contribution in [3.8, 4) is 5.75 Å². The van der Waals surface area contributed by atoms with Crippen LogP contribution in [0.15, 0.2) is 12.1 Å². The highest BCUT2D eigenvalue weighted by molar-refractivity contribution is 14.1. The highest BCUT2D eigenvalue weighted by Crippen LogP contribution is 2.24. The first-order valence-corrected chi connectivity index (χ1v) is 5.18. The van der Waals surface area contributed by atoms with E-state index in [1.54, 1.807) is 6.07 Å². The quantitative estimate of drug-likeness (QED) is 0.739. The van der Waals surface area contributed by atoms with E-state index in [9.17, 15) is 5.11 Å². The summed E-state index contributed by atoms with van der Waals surface area (Å²) in [7, 11) is 0. The molecule has 0 aliphatic carbocycles. The van der Waals surface area contributed by atoms with Crippen molar-refractivity contribution in [2.24, 2.45) is 5.73 Å². The van der Waals surface area contributed by atoms with E-state index < -0.39 is 0 Å². The molecule has 0 unspecified atom stereocenters. The number of nitrogens with two attached hydrogens (primary N) is 1. The van der Waals surface area contributed by atoms with Gasteiger partial charge in [0, 0.05) is 19.2 Å². The zero-order chi connectivity index (χ0) is 8.43. The molecule has 0 spiro atoms. The van der Waals surface area contributed by atoms with Crippen LogP contribution < -0.4 is 5.73 Å². The van der Waals surface area contributed by atoms with Crippen LogP contribution in [-0.4, -0.2) is 5.11 Å². The third kappa shape index (κ3) is 2.19. The highest BCUT2D eigenvalue weighted by atomic mass is 127. The predicted molar refractivity (Wildman–Crippen MR) is 61.4 cm³/mol. The fourth-order valence-corrected chi connectivity index (χ4v) is 1.72. The Kier molecular flexibility index (Phi) is 3.38. The van der Waals surface area contributed by atoms with Crippen molar-refractivity contribution < 1.29 is 5.11 Å². The summed E-state index contributed by atoms with van der Waals surface area (Å²) in [5.41, 5.74) is 6.20. The molecule has 3 N–H and O–H groups in total. The minimum atomic E-state index is 0.289. The van der Waals surface area contributed by atoms with Crippen LogP contribution >= 0.6 is 45.2 Å². The summed E-state index contributed by atoms with van der Waals surface area (Å²) in [4.78, 5) is 0. The topological polar surface area (TPSA) is 46.2 Å². The highest BCUT2D eigenvalue weighted by Gasteiger charge is 2.03. The van der Waals surface area contributed by atoms with E-state index in [-0.39, 0.29) is 5.75 Å². The minimum Gasteiger partial charge on any atom is -0.508 e.